The molecule has 0 fully saturated rings. The van der Waals surface area contributed by atoms with E-state index < -0.39 is 45.5 Å². The van der Waals surface area contributed by atoms with Gasteiger partial charge in [0.15, 0.2) is 0 Å². The molecule has 2 atom stereocenters. The van der Waals surface area contributed by atoms with Crippen LogP contribution < -0.4 is 24.8 Å². The van der Waals surface area contributed by atoms with Crippen molar-refractivity contribution in [2.24, 2.45) is 0 Å². The van der Waals surface area contributed by atoms with Crippen LogP contribution in [0.1, 0.15) is 103 Å². The largest absolute Gasteiger partial charge is 1.00 e. The number of rotatable bonds is 4. The van der Waals surface area contributed by atoms with Crippen molar-refractivity contribution in [3.63, 3.8) is 0 Å². The van der Waals surface area contributed by atoms with Gasteiger partial charge in [0.1, 0.15) is 0 Å². The maximum absolute atomic E-state index is 2.51. The molecule has 0 heterocycles. The molecule has 2 unspecified atom stereocenters. The molecule has 0 aliphatic heterocycles. The van der Waals surface area contributed by atoms with Gasteiger partial charge in [-0.3, -0.25) is 0 Å². The molecular formula is C40H46Cl2Zr2. The summed E-state index contributed by atoms with van der Waals surface area (Å²) in [6, 6.07) is 17.9. The molecular weight excluding hydrogens is 734 g/mol. The van der Waals surface area contributed by atoms with Crippen molar-refractivity contribution in [3.8, 4) is 0 Å². The van der Waals surface area contributed by atoms with Crippen LogP contribution in [0.15, 0.2) is 105 Å². The van der Waals surface area contributed by atoms with E-state index in [1.807, 2.05) is 0 Å². The SMILES string of the molecule is C[CH]=[Zr+][C]1(C2C=Cc3ccccc32)C(C)=C(C)C(C)=C1C.C[CH]=[Zr+][C]1(C2C=Cc3ccccc32)C(C)=C(C)C(C)=C1C.[Cl-].[Cl-]. The quantitative estimate of drug-likeness (QED) is 0.406. The molecule has 4 aliphatic carbocycles. The van der Waals surface area contributed by atoms with Gasteiger partial charge >= 0.3 is 280 Å². The fourth-order valence-corrected chi connectivity index (χ4v) is 16.5. The summed E-state index contributed by atoms with van der Waals surface area (Å²) in [7, 11) is 0. The molecule has 6 rings (SSSR count). The van der Waals surface area contributed by atoms with E-state index in [9.17, 15) is 0 Å². The minimum absolute atomic E-state index is 0. The van der Waals surface area contributed by atoms with E-state index in [0.717, 1.165) is 0 Å². The Morgan fingerprint density at radius 2 is 0.795 bits per heavy atom. The molecule has 2 aromatic rings. The summed E-state index contributed by atoms with van der Waals surface area (Å²) in [5.74, 6) is 1.09. The topological polar surface area (TPSA) is 0 Å². The molecule has 0 radical (unpaired) electrons. The molecule has 0 amide bonds. The molecule has 0 bridgehead atoms. The molecule has 4 aliphatic rings. The molecule has 2 aromatic carbocycles. The zero-order valence-corrected chi connectivity index (χ0v) is 34.4. The Bertz CT molecular complexity index is 1520. The monoisotopic (exact) mass is 776 g/mol. The first-order valence-corrected chi connectivity index (χ1v) is 20.7. The molecule has 4 heteroatoms. The summed E-state index contributed by atoms with van der Waals surface area (Å²) >= 11 is -1.30. The van der Waals surface area contributed by atoms with Crippen molar-refractivity contribution in [2.45, 2.75) is 87.3 Å². The Kier molecular flexibility index (Phi) is 12.6. The summed E-state index contributed by atoms with van der Waals surface area (Å²) < 4.78 is 5.65. The second kappa shape index (κ2) is 14.8. The third kappa shape index (κ3) is 5.72. The first kappa shape index (κ1) is 37.4. The zero-order valence-electron chi connectivity index (χ0n) is 28.0. The van der Waals surface area contributed by atoms with E-state index in [4.69, 9.17) is 0 Å². The minimum Gasteiger partial charge on any atom is -1.00 e. The van der Waals surface area contributed by atoms with E-state index >= 15 is 0 Å². The van der Waals surface area contributed by atoms with Gasteiger partial charge in [-0.15, -0.1) is 0 Å². The predicted octanol–water partition coefficient (Wildman–Crippen LogP) is 5.10. The van der Waals surface area contributed by atoms with Gasteiger partial charge in [-0.2, -0.15) is 0 Å². The van der Waals surface area contributed by atoms with Crippen LogP contribution in [-0.4, -0.2) is 7.42 Å². The fraction of sp³-hybridized carbons (Fsp3) is 0.350. The number of allylic oxidation sites excluding steroid dienone is 10. The summed E-state index contributed by atoms with van der Waals surface area (Å²) in [6.45, 7) is 23.3. The van der Waals surface area contributed by atoms with Crippen molar-refractivity contribution in [2.75, 3.05) is 0 Å². The standard InChI is InChI=1S/2C18H19.2C2H4.2ClH.2Zr/c2*1-11-12(2)14(4)18(13(11)3)17-10-9-15-7-5-6-8-16(15)17;2*1-2;;;;/h2*5-10,17H,1-4H3;2*1H,2H3;2*1H;;/q;;;;;;2*+1/p-2. The molecule has 228 valence electrons. The molecule has 44 heavy (non-hydrogen) atoms. The smallest absolute Gasteiger partial charge is 1.00 e. The number of hydrogen-bond donors (Lipinski definition) is 0. The van der Waals surface area contributed by atoms with Gasteiger partial charge < -0.3 is 24.8 Å². The van der Waals surface area contributed by atoms with Crippen molar-refractivity contribution < 1.29 is 70.3 Å². The van der Waals surface area contributed by atoms with Crippen LogP contribution in [-0.2, 0) is 45.5 Å². The van der Waals surface area contributed by atoms with Crippen LogP contribution in [0.5, 0.6) is 0 Å². The molecule has 0 saturated heterocycles. The average molecular weight is 780 g/mol. The average Bonchev–Trinajstić information content (AvgIpc) is 3.71. The molecule has 0 spiro atoms. The van der Waals surface area contributed by atoms with Crippen molar-refractivity contribution in [1.29, 1.82) is 0 Å². The van der Waals surface area contributed by atoms with Crippen LogP contribution in [0, 0.1) is 0 Å². The first-order chi connectivity index (χ1) is 20.1. The molecule has 0 aromatic heterocycles. The third-order valence-electron chi connectivity index (χ3n) is 11.0. The van der Waals surface area contributed by atoms with Crippen molar-refractivity contribution in [3.05, 3.63) is 128 Å². The Morgan fingerprint density at radius 3 is 1.09 bits per heavy atom. The van der Waals surface area contributed by atoms with E-state index in [0.29, 0.717) is 18.1 Å². The summed E-state index contributed by atoms with van der Waals surface area (Å²) in [5.41, 5.74) is 18.6. The summed E-state index contributed by atoms with van der Waals surface area (Å²) in [6.07, 6.45) is 9.60. The van der Waals surface area contributed by atoms with Crippen LogP contribution in [0.3, 0.4) is 0 Å². The van der Waals surface area contributed by atoms with Crippen LogP contribution >= 0.6 is 0 Å². The third-order valence-corrected chi connectivity index (χ3v) is 19.9. The summed E-state index contributed by atoms with van der Waals surface area (Å²) in [4.78, 5) is 0. The fourth-order valence-electron chi connectivity index (χ4n) is 8.13. The maximum atomic E-state index is 2.51. The summed E-state index contributed by atoms with van der Waals surface area (Å²) in [5, 5.41) is 0. The Balaban J connectivity index is 0.000000230. The molecule has 0 saturated carbocycles. The van der Waals surface area contributed by atoms with Crippen molar-refractivity contribution >= 4 is 19.6 Å². The number of halogens is 2. The predicted molar refractivity (Wildman–Crippen MR) is 179 cm³/mol. The number of hydrogen-bond acceptors (Lipinski definition) is 0. The van der Waals surface area contributed by atoms with Gasteiger partial charge in [-0.05, 0) is 0 Å². The zero-order chi connectivity index (χ0) is 30.4. The minimum atomic E-state index is -0.651. The van der Waals surface area contributed by atoms with E-state index in [1.54, 1.807) is 22.3 Å². The van der Waals surface area contributed by atoms with Gasteiger partial charge in [-0.1, -0.05) is 0 Å². The van der Waals surface area contributed by atoms with Gasteiger partial charge in [0.05, 0.1) is 0 Å². The van der Waals surface area contributed by atoms with Gasteiger partial charge in [-0.25, -0.2) is 0 Å². The van der Waals surface area contributed by atoms with E-state index in [-0.39, 0.29) is 24.8 Å². The van der Waals surface area contributed by atoms with Crippen LogP contribution in [0.25, 0.3) is 12.2 Å². The van der Waals surface area contributed by atoms with E-state index in [1.165, 1.54) is 44.5 Å². The number of fused-ring (bicyclic) bond motifs is 2. The Morgan fingerprint density at radius 1 is 0.500 bits per heavy atom. The van der Waals surface area contributed by atoms with Crippen LogP contribution in [0.4, 0.5) is 0 Å². The normalized spacial score (nSPS) is 22.1. The van der Waals surface area contributed by atoms with Gasteiger partial charge in [0.25, 0.3) is 0 Å². The number of benzene rings is 2. The van der Waals surface area contributed by atoms with E-state index in [2.05, 4.69) is 149 Å². The van der Waals surface area contributed by atoms with Gasteiger partial charge in [0, 0.05) is 0 Å². The Labute approximate surface area is 301 Å². The molecule has 0 N–H and O–H groups in total. The Hall–Kier alpha value is -1.03. The van der Waals surface area contributed by atoms with Crippen molar-refractivity contribution in [1.82, 2.24) is 0 Å². The second-order valence-corrected chi connectivity index (χ2v) is 20.5. The van der Waals surface area contributed by atoms with Gasteiger partial charge in [0.2, 0.25) is 0 Å². The first-order valence-electron chi connectivity index (χ1n) is 15.5. The van der Waals surface area contributed by atoms with Crippen LogP contribution in [0.2, 0.25) is 6.25 Å². The molecule has 0 nitrogen and oxygen atoms in total. The maximum Gasteiger partial charge on any atom is -1.00 e. The second-order valence-electron chi connectivity index (χ2n) is 12.4.